The zero-order valence-corrected chi connectivity index (χ0v) is 14.9. The van der Waals surface area contributed by atoms with Gasteiger partial charge in [-0.3, -0.25) is 4.79 Å². The van der Waals surface area contributed by atoms with Crippen molar-refractivity contribution < 1.29 is 17.7 Å². The fourth-order valence-corrected chi connectivity index (χ4v) is 3.49. The zero-order valence-electron chi connectivity index (χ0n) is 14.9. The number of hydrogen-bond acceptors (Lipinski definition) is 6. The number of aromatic amines is 1. The first kappa shape index (κ1) is 18.7. The highest BCUT2D eigenvalue weighted by Gasteiger charge is 2.27. The minimum absolute atomic E-state index is 0.0546. The standard InChI is InChI=1S/C17H19F3N6O2/c18-17(19,20)5-1-2-13-23-16(28-25-13)11-9-22-26-12(8-14(27)24-15(11)26)10-3-6-21-7-4-10/h8-10,21H,1-7H2,(H,24,27). The summed E-state index contributed by atoms with van der Waals surface area (Å²) in [4.78, 5) is 19.1. The molecule has 0 saturated carbocycles. The summed E-state index contributed by atoms with van der Waals surface area (Å²) in [6.07, 6.45) is -1.86. The Morgan fingerprint density at radius 2 is 2.07 bits per heavy atom. The maximum absolute atomic E-state index is 12.3. The van der Waals surface area contributed by atoms with Crippen LogP contribution >= 0.6 is 0 Å². The van der Waals surface area contributed by atoms with E-state index in [-0.39, 0.29) is 36.0 Å². The second kappa shape index (κ2) is 7.38. The number of fused-ring (bicyclic) bond motifs is 1. The Morgan fingerprint density at radius 1 is 1.29 bits per heavy atom. The lowest BCUT2D eigenvalue weighted by atomic mass is 9.94. The van der Waals surface area contributed by atoms with E-state index in [0.29, 0.717) is 11.2 Å². The summed E-state index contributed by atoms with van der Waals surface area (Å²) in [5.74, 6) is 0.519. The van der Waals surface area contributed by atoms with Gasteiger partial charge >= 0.3 is 6.18 Å². The van der Waals surface area contributed by atoms with Crippen molar-refractivity contribution in [2.45, 2.75) is 44.2 Å². The minimum Gasteiger partial charge on any atom is -0.334 e. The van der Waals surface area contributed by atoms with Crippen LogP contribution in [0, 0.1) is 0 Å². The van der Waals surface area contributed by atoms with E-state index in [0.717, 1.165) is 31.6 Å². The molecule has 1 aliphatic heterocycles. The van der Waals surface area contributed by atoms with Crippen LogP contribution in [0.4, 0.5) is 13.2 Å². The predicted molar refractivity (Wildman–Crippen MR) is 92.9 cm³/mol. The van der Waals surface area contributed by atoms with E-state index in [2.05, 4.69) is 25.5 Å². The quantitative estimate of drug-likeness (QED) is 0.687. The molecule has 3 aromatic heterocycles. The minimum atomic E-state index is -4.21. The van der Waals surface area contributed by atoms with Gasteiger partial charge in [0.1, 0.15) is 11.2 Å². The molecule has 3 aromatic rings. The first-order valence-corrected chi connectivity index (χ1v) is 9.12. The second-order valence-corrected chi connectivity index (χ2v) is 6.89. The van der Waals surface area contributed by atoms with Gasteiger partial charge < -0.3 is 14.8 Å². The molecule has 0 spiro atoms. The lowest BCUT2D eigenvalue weighted by Gasteiger charge is -2.23. The van der Waals surface area contributed by atoms with Crippen molar-refractivity contribution in [2.24, 2.45) is 0 Å². The van der Waals surface area contributed by atoms with Crippen molar-refractivity contribution in [3.8, 4) is 11.5 Å². The third-order valence-electron chi connectivity index (χ3n) is 4.85. The van der Waals surface area contributed by atoms with Gasteiger partial charge in [-0.2, -0.15) is 23.3 Å². The van der Waals surface area contributed by atoms with E-state index < -0.39 is 12.6 Å². The van der Waals surface area contributed by atoms with Crippen LogP contribution in [0.3, 0.4) is 0 Å². The lowest BCUT2D eigenvalue weighted by molar-refractivity contribution is -0.135. The molecule has 0 bridgehead atoms. The predicted octanol–water partition coefficient (Wildman–Crippen LogP) is 2.42. The molecule has 0 amide bonds. The lowest BCUT2D eigenvalue weighted by Crippen LogP contribution is -2.28. The summed E-state index contributed by atoms with van der Waals surface area (Å²) in [6, 6.07) is 1.55. The van der Waals surface area contributed by atoms with E-state index in [1.165, 1.54) is 6.20 Å². The molecule has 4 heterocycles. The third-order valence-corrected chi connectivity index (χ3v) is 4.85. The Hall–Kier alpha value is -2.69. The van der Waals surface area contributed by atoms with Crippen LogP contribution in [0.5, 0.6) is 0 Å². The number of rotatable bonds is 5. The van der Waals surface area contributed by atoms with Gasteiger partial charge in [-0.25, -0.2) is 4.52 Å². The number of alkyl halides is 3. The van der Waals surface area contributed by atoms with Crippen LogP contribution in [-0.4, -0.2) is 44.0 Å². The van der Waals surface area contributed by atoms with Gasteiger partial charge in [0.25, 0.3) is 11.4 Å². The zero-order chi connectivity index (χ0) is 19.7. The Balaban J connectivity index is 1.61. The molecule has 28 heavy (non-hydrogen) atoms. The SMILES string of the molecule is O=c1cc(C2CCNCC2)n2ncc(-c3nc(CCCC(F)(F)F)no3)c2[nH]1. The summed E-state index contributed by atoms with van der Waals surface area (Å²) in [5, 5.41) is 11.4. The number of aromatic nitrogens is 5. The molecule has 1 aliphatic rings. The maximum atomic E-state index is 12.3. The van der Waals surface area contributed by atoms with Gasteiger partial charge in [0.05, 0.1) is 11.9 Å². The summed E-state index contributed by atoms with van der Waals surface area (Å²) >= 11 is 0. The second-order valence-electron chi connectivity index (χ2n) is 6.89. The highest BCUT2D eigenvalue weighted by atomic mass is 19.4. The van der Waals surface area contributed by atoms with Gasteiger partial charge in [0.15, 0.2) is 5.82 Å². The van der Waals surface area contributed by atoms with Crippen molar-refractivity contribution in [3.05, 3.63) is 34.1 Å². The van der Waals surface area contributed by atoms with Crippen molar-refractivity contribution in [1.82, 2.24) is 30.1 Å². The van der Waals surface area contributed by atoms with Gasteiger partial charge in [0, 0.05) is 24.8 Å². The fraction of sp³-hybridized carbons (Fsp3) is 0.529. The molecule has 1 saturated heterocycles. The number of hydrogen-bond donors (Lipinski definition) is 2. The molecule has 0 atom stereocenters. The number of aryl methyl sites for hydroxylation is 1. The maximum Gasteiger partial charge on any atom is 0.389 e. The number of nitrogens with one attached hydrogen (secondary N) is 2. The Morgan fingerprint density at radius 3 is 2.82 bits per heavy atom. The van der Waals surface area contributed by atoms with Crippen LogP contribution in [0.2, 0.25) is 0 Å². The highest BCUT2D eigenvalue weighted by molar-refractivity contribution is 5.71. The molecule has 2 N–H and O–H groups in total. The van der Waals surface area contributed by atoms with Gasteiger partial charge in [0.2, 0.25) is 0 Å². The number of piperidine rings is 1. The summed E-state index contributed by atoms with van der Waals surface area (Å²) in [6.45, 7) is 1.75. The van der Waals surface area contributed by atoms with Crippen LogP contribution in [-0.2, 0) is 6.42 Å². The number of H-pyrrole nitrogens is 1. The highest BCUT2D eigenvalue weighted by Crippen LogP contribution is 2.28. The molecule has 150 valence electrons. The Labute approximate surface area is 157 Å². The van der Waals surface area contributed by atoms with E-state index in [9.17, 15) is 18.0 Å². The third kappa shape index (κ3) is 3.93. The van der Waals surface area contributed by atoms with Crippen LogP contribution in [0.15, 0.2) is 21.6 Å². The molecule has 0 aliphatic carbocycles. The fourth-order valence-electron chi connectivity index (χ4n) is 3.49. The molecule has 0 unspecified atom stereocenters. The van der Waals surface area contributed by atoms with Crippen molar-refractivity contribution >= 4 is 5.65 Å². The molecular weight excluding hydrogens is 377 g/mol. The molecule has 0 aromatic carbocycles. The van der Waals surface area contributed by atoms with Crippen LogP contribution in [0.25, 0.3) is 17.1 Å². The van der Waals surface area contributed by atoms with E-state index in [1.54, 1.807) is 10.6 Å². The van der Waals surface area contributed by atoms with Crippen molar-refractivity contribution in [3.63, 3.8) is 0 Å². The smallest absolute Gasteiger partial charge is 0.334 e. The number of nitrogens with zero attached hydrogens (tertiary/aromatic N) is 4. The van der Waals surface area contributed by atoms with E-state index in [4.69, 9.17) is 4.52 Å². The first-order valence-electron chi connectivity index (χ1n) is 9.12. The number of halogens is 3. The molecule has 1 fully saturated rings. The topological polar surface area (TPSA) is 101 Å². The molecule has 8 nitrogen and oxygen atoms in total. The average molecular weight is 396 g/mol. The summed E-state index contributed by atoms with van der Waals surface area (Å²) < 4.78 is 43.7. The normalized spacial score (nSPS) is 16.1. The largest absolute Gasteiger partial charge is 0.389 e. The van der Waals surface area contributed by atoms with Gasteiger partial charge in [-0.1, -0.05) is 5.16 Å². The first-order chi connectivity index (χ1) is 13.4. The van der Waals surface area contributed by atoms with E-state index in [1.807, 2.05) is 0 Å². The van der Waals surface area contributed by atoms with Gasteiger partial charge in [-0.15, -0.1) is 0 Å². The van der Waals surface area contributed by atoms with E-state index >= 15 is 0 Å². The monoisotopic (exact) mass is 396 g/mol. The molecule has 0 radical (unpaired) electrons. The van der Waals surface area contributed by atoms with Crippen molar-refractivity contribution in [2.75, 3.05) is 13.1 Å². The Kier molecular flexibility index (Phi) is 4.92. The van der Waals surface area contributed by atoms with Crippen molar-refractivity contribution in [1.29, 1.82) is 0 Å². The molecule has 11 heteroatoms. The molecule has 4 rings (SSSR count). The average Bonchev–Trinajstić information content (AvgIpc) is 3.27. The van der Waals surface area contributed by atoms with Crippen LogP contribution < -0.4 is 10.9 Å². The van der Waals surface area contributed by atoms with Gasteiger partial charge in [-0.05, 0) is 32.4 Å². The Bertz CT molecular complexity index is 1020. The van der Waals surface area contributed by atoms with Crippen LogP contribution in [0.1, 0.15) is 43.1 Å². The summed E-state index contributed by atoms with van der Waals surface area (Å²) in [7, 11) is 0. The molecular formula is C17H19F3N6O2. The summed E-state index contributed by atoms with van der Waals surface area (Å²) in [5.41, 5.74) is 1.44.